The Balaban J connectivity index is 1.15. The van der Waals surface area contributed by atoms with Gasteiger partial charge in [0.2, 0.25) is 5.91 Å². The molecule has 0 aliphatic heterocycles. The molecule has 1 N–H and O–H groups in total. The van der Waals surface area contributed by atoms with Crippen molar-refractivity contribution in [1.29, 1.82) is 0 Å². The Morgan fingerprint density at radius 1 is 1.11 bits per heavy atom. The molecule has 2 atom stereocenters. The average Bonchev–Trinajstić information content (AvgIpc) is 3.44. The Kier molecular flexibility index (Phi) is 5.05. The van der Waals surface area contributed by atoms with Gasteiger partial charge in [0.15, 0.2) is 0 Å². The van der Waals surface area contributed by atoms with Crippen LogP contribution in [0.25, 0.3) is 0 Å². The van der Waals surface area contributed by atoms with Crippen LogP contribution >= 0.6 is 0 Å². The fourth-order valence-electron chi connectivity index (χ4n) is 7.48. The van der Waals surface area contributed by atoms with Gasteiger partial charge in [-0.1, -0.05) is 29.8 Å². The molecule has 9 nitrogen and oxygen atoms in total. The SMILES string of the molecule is Cc1ccc(Cn2cc(NC(=O)CC34CC5CC(C3)CC(n3cc([N+](=O)[O-])cn3)(C5)C4)cn2)cc1. The number of aromatic nitrogens is 4. The third-order valence-electron chi connectivity index (χ3n) is 8.33. The summed E-state index contributed by atoms with van der Waals surface area (Å²) >= 11 is 0. The predicted octanol–water partition coefficient (Wildman–Crippen LogP) is 4.67. The molecular weight excluding hydrogens is 444 g/mol. The van der Waals surface area contributed by atoms with Crippen molar-refractivity contribution >= 4 is 17.3 Å². The van der Waals surface area contributed by atoms with E-state index in [4.69, 9.17) is 0 Å². The lowest BCUT2D eigenvalue weighted by Gasteiger charge is -2.61. The molecule has 4 aliphatic rings. The third kappa shape index (κ3) is 4.13. The monoisotopic (exact) mass is 474 g/mol. The number of nitro groups is 1. The van der Waals surface area contributed by atoms with Crippen molar-refractivity contribution in [2.24, 2.45) is 17.3 Å². The highest BCUT2D eigenvalue weighted by Gasteiger charge is 2.59. The number of nitrogens with one attached hydrogen (secondary N) is 1. The van der Waals surface area contributed by atoms with Crippen molar-refractivity contribution < 1.29 is 9.72 Å². The zero-order valence-electron chi connectivity index (χ0n) is 19.9. The van der Waals surface area contributed by atoms with Crippen molar-refractivity contribution in [2.45, 2.75) is 64.0 Å². The van der Waals surface area contributed by atoms with E-state index in [2.05, 4.69) is 46.7 Å². The van der Waals surface area contributed by atoms with Crippen LogP contribution in [0.5, 0.6) is 0 Å². The second-order valence-electron chi connectivity index (χ2n) is 11.2. The summed E-state index contributed by atoms with van der Waals surface area (Å²) in [6.45, 7) is 2.72. The molecule has 2 unspecified atom stereocenters. The summed E-state index contributed by atoms with van der Waals surface area (Å²) in [7, 11) is 0. The van der Waals surface area contributed by atoms with E-state index in [1.165, 1.54) is 18.2 Å². The van der Waals surface area contributed by atoms with Gasteiger partial charge in [-0.05, 0) is 68.3 Å². The van der Waals surface area contributed by atoms with E-state index < -0.39 is 0 Å². The number of aryl methyl sites for hydroxylation is 1. The van der Waals surface area contributed by atoms with Crippen molar-refractivity contribution in [3.63, 3.8) is 0 Å². The van der Waals surface area contributed by atoms with Gasteiger partial charge in [-0.25, -0.2) is 0 Å². The lowest BCUT2D eigenvalue weighted by Crippen LogP contribution is -2.57. The van der Waals surface area contributed by atoms with Crippen LogP contribution in [0.2, 0.25) is 0 Å². The Morgan fingerprint density at radius 2 is 1.86 bits per heavy atom. The lowest BCUT2D eigenvalue weighted by molar-refractivity contribution is -0.385. The van der Waals surface area contributed by atoms with E-state index in [1.54, 1.807) is 12.4 Å². The van der Waals surface area contributed by atoms with E-state index in [0.717, 1.165) is 37.7 Å². The Bertz CT molecular complexity index is 1260. The molecule has 0 spiro atoms. The standard InChI is InChI=1S/C26H30N6O3/c1-18-2-4-19(5-3-18)14-30-15-22(12-27-30)29-24(33)11-25-7-20-6-21(8-25)10-26(9-20,17-25)31-16-23(13-28-31)32(34)35/h2-5,12-13,15-16,20-21H,6-11,14,17H2,1H3,(H,29,33). The summed E-state index contributed by atoms with van der Waals surface area (Å²) in [5.41, 5.74) is 2.85. The predicted molar refractivity (Wildman–Crippen MR) is 130 cm³/mol. The molecule has 182 valence electrons. The highest BCUT2D eigenvalue weighted by molar-refractivity contribution is 5.91. The van der Waals surface area contributed by atoms with Crippen LogP contribution in [0.1, 0.15) is 56.1 Å². The molecule has 35 heavy (non-hydrogen) atoms. The third-order valence-corrected chi connectivity index (χ3v) is 8.33. The first-order valence-electron chi connectivity index (χ1n) is 12.4. The van der Waals surface area contributed by atoms with Crippen LogP contribution in [0, 0.1) is 34.3 Å². The Labute approximate surface area is 203 Å². The maximum absolute atomic E-state index is 13.2. The van der Waals surface area contributed by atoms with Crippen LogP contribution in [-0.2, 0) is 16.9 Å². The summed E-state index contributed by atoms with van der Waals surface area (Å²) in [6.07, 6.45) is 13.1. The van der Waals surface area contributed by atoms with E-state index >= 15 is 0 Å². The van der Waals surface area contributed by atoms with E-state index in [-0.39, 0.29) is 27.5 Å². The second kappa shape index (κ2) is 8.03. The molecule has 7 rings (SSSR count). The number of benzene rings is 1. The minimum Gasteiger partial charge on any atom is -0.323 e. The summed E-state index contributed by atoms with van der Waals surface area (Å²) in [5.74, 6) is 1.11. The molecule has 9 heteroatoms. The first kappa shape index (κ1) is 22.0. The zero-order valence-corrected chi connectivity index (χ0v) is 19.9. The largest absolute Gasteiger partial charge is 0.323 e. The van der Waals surface area contributed by atoms with Crippen LogP contribution < -0.4 is 5.32 Å². The van der Waals surface area contributed by atoms with Crippen molar-refractivity contribution in [3.8, 4) is 0 Å². The minimum absolute atomic E-state index is 0.0171. The van der Waals surface area contributed by atoms with Gasteiger partial charge in [-0.2, -0.15) is 10.2 Å². The van der Waals surface area contributed by atoms with Gasteiger partial charge in [0.1, 0.15) is 12.4 Å². The number of hydrogen-bond acceptors (Lipinski definition) is 5. The molecule has 4 aliphatic carbocycles. The molecule has 0 radical (unpaired) electrons. The number of hydrogen-bond donors (Lipinski definition) is 1. The van der Waals surface area contributed by atoms with Gasteiger partial charge in [0, 0.05) is 12.6 Å². The number of nitrogens with zero attached hydrogens (tertiary/aromatic N) is 5. The van der Waals surface area contributed by atoms with E-state index in [1.807, 2.05) is 15.6 Å². The number of amides is 1. The maximum Gasteiger partial charge on any atom is 0.307 e. The van der Waals surface area contributed by atoms with Crippen molar-refractivity contribution in [2.75, 3.05) is 5.32 Å². The molecule has 3 aromatic rings. The molecular formula is C26H30N6O3. The Hall–Kier alpha value is -3.49. The maximum atomic E-state index is 13.2. The molecule has 2 aromatic heterocycles. The number of rotatable bonds is 7. The van der Waals surface area contributed by atoms with Gasteiger partial charge in [0.25, 0.3) is 0 Å². The van der Waals surface area contributed by atoms with Gasteiger partial charge in [-0.3, -0.25) is 24.3 Å². The highest BCUT2D eigenvalue weighted by Crippen LogP contribution is 2.65. The molecule has 2 heterocycles. The van der Waals surface area contributed by atoms with Crippen LogP contribution in [0.15, 0.2) is 49.1 Å². The minimum atomic E-state index is -0.383. The summed E-state index contributed by atoms with van der Waals surface area (Å²) < 4.78 is 3.69. The van der Waals surface area contributed by atoms with Crippen molar-refractivity contribution in [1.82, 2.24) is 19.6 Å². The summed E-state index contributed by atoms with van der Waals surface area (Å²) in [6, 6.07) is 8.35. The Morgan fingerprint density at radius 3 is 2.54 bits per heavy atom. The average molecular weight is 475 g/mol. The van der Waals surface area contributed by atoms with Gasteiger partial charge in [-0.15, -0.1) is 0 Å². The van der Waals surface area contributed by atoms with E-state index in [0.29, 0.717) is 30.5 Å². The summed E-state index contributed by atoms with van der Waals surface area (Å²) in [5, 5.41) is 23.1. The molecule has 1 amide bonds. The molecule has 4 saturated carbocycles. The normalized spacial score (nSPS) is 28.8. The summed E-state index contributed by atoms with van der Waals surface area (Å²) in [4.78, 5) is 24.0. The zero-order chi connectivity index (χ0) is 24.2. The first-order chi connectivity index (χ1) is 16.8. The topological polar surface area (TPSA) is 108 Å². The first-order valence-corrected chi connectivity index (χ1v) is 12.4. The van der Waals surface area contributed by atoms with Gasteiger partial charge >= 0.3 is 5.69 Å². The number of carbonyl (C=O) groups excluding carboxylic acids is 1. The van der Waals surface area contributed by atoms with Crippen LogP contribution in [0.4, 0.5) is 11.4 Å². The van der Waals surface area contributed by atoms with Crippen LogP contribution in [0.3, 0.4) is 0 Å². The second-order valence-corrected chi connectivity index (χ2v) is 11.2. The van der Waals surface area contributed by atoms with Gasteiger partial charge in [0.05, 0.1) is 28.9 Å². The molecule has 4 fully saturated rings. The molecule has 4 bridgehead atoms. The lowest BCUT2D eigenvalue weighted by atomic mass is 9.46. The smallest absolute Gasteiger partial charge is 0.307 e. The quantitative estimate of drug-likeness (QED) is 0.395. The fourth-order valence-corrected chi connectivity index (χ4v) is 7.48. The molecule has 0 saturated heterocycles. The fraction of sp³-hybridized carbons (Fsp3) is 0.500. The van der Waals surface area contributed by atoms with Crippen LogP contribution in [-0.4, -0.2) is 30.4 Å². The van der Waals surface area contributed by atoms with Gasteiger partial charge < -0.3 is 5.32 Å². The number of anilines is 1. The number of carbonyl (C=O) groups is 1. The van der Waals surface area contributed by atoms with E-state index in [9.17, 15) is 14.9 Å². The van der Waals surface area contributed by atoms with Crippen molar-refractivity contribution in [3.05, 3.63) is 70.3 Å². The molecule has 1 aromatic carbocycles. The highest BCUT2D eigenvalue weighted by atomic mass is 16.6.